The van der Waals surface area contributed by atoms with Crippen molar-refractivity contribution in [3.63, 3.8) is 0 Å². The number of alkyl carbamates (subject to hydrolysis) is 1. The number of carboxylic acids is 1. The second-order valence-electron chi connectivity index (χ2n) is 9.08. The fourth-order valence-electron chi connectivity index (χ4n) is 3.33. The smallest absolute Gasteiger partial charge is 0.407 e. The summed E-state index contributed by atoms with van der Waals surface area (Å²) in [6.45, 7) is 8.13. The fraction of sp³-hybridized carbons (Fsp3) is 0.360. The molecule has 1 atom stereocenters. The minimum atomic E-state index is -1.39. The molecule has 10 heteroatoms. The van der Waals surface area contributed by atoms with Crippen molar-refractivity contribution in [2.24, 2.45) is 0 Å². The third-order valence-corrected chi connectivity index (χ3v) is 4.84. The molecule has 0 saturated carbocycles. The number of hydrogen-bond donors (Lipinski definition) is 5. The van der Waals surface area contributed by atoms with Crippen molar-refractivity contribution < 1.29 is 34.1 Å². The molecule has 2 aromatic rings. The molecule has 0 aliphatic carbocycles. The summed E-state index contributed by atoms with van der Waals surface area (Å²) in [7, 11) is 0. The molecule has 0 aliphatic heterocycles. The van der Waals surface area contributed by atoms with Gasteiger partial charge < -0.3 is 30.9 Å². The standard InChI is InChI=1S/C25H31N3O7/c1-14-9-17(21(30)26-12-16-7-6-8-18(29)11-16)10-15(2)20(14)22(31)28-19(23(32)33)13-27-24(34)35-25(3,4)5/h6-11,19,29H,12-13H2,1-5H3,(H,26,30)(H,27,34)(H,28,31)(H,32,33)/t19-/m0/s1. The Morgan fingerprint density at radius 1 is 0.971 bits per heavy atom. The van der Waals surface area contributed by atoms with Gasteiger partial charge in [0.1, 0.15) is 17.4 Å². The van der Waals surface area contributed by atoms with E-state index < -0.39 is 29.6 Å². The number of phenolic OH excluding ortho intramolecular Hbond substituents is 1. The minimum Gasteiger partial charge on any atom is -0.508 e. The van der Waals surface area contributed by atoms with Crippen molar-refractivity contribution in [3.8, 4) is 5.75 Å². The Morgan fingerprint density at radius 2 is 1.60 bits per heavy atom. The number of aromatic hydroxyl groups is 1. The van der Waals surface area contributed by atoms with Gasteiger partial charge in [-0.15, -0.1) is 0 Å². The zero-order chi connectivity index (χ0) is 26.3. The van der Waals surface area contributed by atoms with Crippen LogP contribution in [0, 0.1) is 13.8 Å². The number of ether oxygens (including phenoxy) is 1. The zero-order valence-corrected chi connectivity index (χ0v) is 20.4. The molecule has 0 spiro atoms. The Bertz CT molecular complexity index is 1100. The molecule has 0 unspecified atom stereocenters. The first-order valence-corrected chi connectivity index (χ1v) is 10.9. The lowest BCUT2D eigenvalue weighted by Crippen LogP contribution is -2.49. The summed E-state index contributed by atoms with van der Waals surface area (Å²) in [5.74, 6) is -2.24. The number of hydrogen-bond acceptors (Lipinski definition) is 6. The number of nitrogens with one attached hydrogen (secondary N) is 3. The molecule has 188 valence electrons. The van der Waals surface area contributed by atoms with Crippen LogP contribution in [0.1, 0.15) is 58.2 Å². The van der Waals surface area contributed by atoms with E-state index in [1.165, 1.54) is 18.2 Å². The Labute approximate surface area is 203 Å². The van der Waals surface area contributed by atoms with Gasteiger partial charge in [-0.3, -0.25) is 9.59 Å². The van der Waals surface area contributed by atoms with Crippen molar-refractivity contribution in [1.82, 2.24) is 16.0 Å². The summed E-state index contributed by atoms with van der Waals surface area (Å²) in [6.07, 6.45) is -0.800. The summed E-state index contributed by atoms with van der Waals surface area (Å²) < 4.78 is 5.08. The maximum Gasteiger partial charge on any atom is 0.407 e. The van der Waals surface area contributed by atoms with E-state index in [0.29, 0.717) is 16.7 Å². The topological polar surface area (TPSA) is 154 Å². The SMILES string of the molecule is Cc1cc(C(=O)NCc2cccc(O)c2)cc(C)c1C(=O)N[C@@H](CNC(=O)OC(C)(C)C)C(=O)O. The van der Waals surface area contributed by atoms with Gasteiger partial charge in [0.25, 0.3) is 11.8 Å². The van der Waals surface area contributed by atoms with Gasteiger partial charge in [-0.2, -0.15) is 0 Å². The van der Waals surface area contributed by atoms with Crippen LogP contribution in [0.3, 0.4) is 0 Å². The molecular formula is C25H31N3O7. The number of aliphatic carboxylic acids is 1. The molecule has 10 nitrogen and oxygen atoms in total. The number of phenols is 1. The summed E-state index contributed by atoms with van der Waals surface area (Å²) in [5.41, 5.74) is 1.50. The van der Waals surface area contributed by atoms with Crippen molar-refractivity contribution in [3.05, 3.63) is 64.2 Å². The van der Waals surface area contributed by atoms with Crippen molar-refractivity contribution in [2.75, 3.05) is 6.54 Å². The maximum absolute atomic E-state index is 12.9. The van der Waals surface area contributed by atoms with E-state index in [1.54, 1.807) is 52.8 Å². The molecule has 0 bridgehead atoms. The van der Waals surface area contributed by atoms with E-state index in [-0.39, 0.29) is 30.3 Å². The molecule has 0 radical (unpaired) electrons. The van der Waals surface area contributed by atoms with Crippen LogP contribution >= 0.6 is 0 Å². The van der Waals surface area contributed by atoms with Crippen LogP contribution < -0.4 is 16.0 Å². The molecule has 5 N–H and O–H groups in total. The quantitative estimate of drug-likeness (QED) is 0.385. The number of carbonyl (C=O) groups excluding carboxylic acids is 3. The fourth-order valence-corrected chi connectivity index (χ4v) is 3.33. The van der Waals surface area contributed by atoms with Crippen molar-refractivity contribution in [1.29, 1.82) is 0 Å². The molecule has 2 rings (SSSR count). The highest BCUT2D eigenvalue weighted by Gasteiger charge is 2.25. The van der Waals surface area contributed by atoms with Gasteiger partial charge in [-0.05, 0) is 75.6 Å². The molecule has 0 heterocycles. The van der Waals surface area contributed by atoms with Crippen LogP contribution in [0.4, 0.5) is 4.79 Å². The molecular weight excluding hydrogens is 454 g/mol. The number of carbonyl (C=O) groups is 4. The number of rotatable bonds is 8. The Kier molecular flexibility index (Phi) is 8.82. The molecule has 3 amide bonds. The van der Waals surface area contributed by atoms with Crippen LogP contribution in [0.15, 0.2) is 36.4 Å². The molecule has 0 aliphatic rings. The summed E-state index contributed by atoms with van der Waals surface area (Å²) >= 11 is 0. The first-order valence-electron chi connectivity index (χ1n) is 10.9. The van der Waals surface area contributed by atoms with Crippen LogP contribution in [0.5, 0.6) is 5.75 Å². The molecule has 2 aromatic carbocycles. The monoisotopic (exact) mass is 485 g/mol. The molecule has 0 aromatic heterocycles. The van der Waals surface area contributed by atoms with Gasteiger partial charge in [0.15, 0.2) is 0 Å². The Morgan fingerprint density at radius 3 is 2.14 bits per heavy atom. The van der Waals surface area contributed by atoms with Gasteiger partial charge in [-0.1, -0.05) is 12.1 Å². The van der Waals surface area contributed by atoms with Crippen molar-refractivity contribution >= 4 is 23.9 Å². The number of benzene rings is 2. The highest BCUT2D eigenvalue weighted by Crippen LogP contribution is 2.18. The van der Waals surface area contributed by atoms with Gasteiger partial charge in [0.05, 0.1) is 6.54 Å². The lowest BCUT2D eigenvalue weighted by molar-refractivity contribution is -0.139. The van der Waals surface area contributed by atoms with E-state index in [9.17, 15) is 29.4 Å². The normalized spacial score (nSPS) is 11.8. The first kappa shape index (κ1) is 27.2. The molecule has 0 saturated heterocycles. The van der Waals surface area contributed by atoms with Gasteiger partial charge in [0.2, 0.25) is 0 Å². The van der Waals surface area contributed by atoms with Crippen LogP contribution in [-0.2, 0) is 16.1 Å². The van der Waals surface area contributed by atoms with E-state index >= 15 is 0 Å². The van der Waals surface area contributed by atoms with Gasteiger partial charge >= 0.3 is 12.1 Å². The highest BCUT2D eigenvalue weighted by atomic mass is 16.6. The largest absolute Gasteiger partial charge is 0.508 e. The average Bonchev–Trinajstić information content (AvgIpc) is 2.73. The predicted molar refractivity (Wildman–Crippen MR) is 128 cm³/mol. The van der Waals surface area contributed by atoms with Gasteiger partial charge in [-0.25, -0.2) is 9.59 Å². The number of carboxylic acid groups (broad SMARTS) is 1. The number of amides is 3. The second kappa shape index (κ2) is 11.4. The third-order valence-electron chi connectivity index (χ3n) is 4.84. The second-order valence-corrected chi connectivity index (χ2v) is 9.08. The first-order chi connectivity index (χ1) is 16.3. The zero-order valence-electron chi connectivity index (χ0n) is 20.4. The van der Waals surface area contributed by atoms with Crippen LogP contribution in [0.2, 0.25) is 0 Å². The van der Waals surface area contributed by atoms with Gasteiger partial charge in [0, 0.05) is 17.7 Å². The van der Waals surface area contributed by atoms with E-state index in [2.05, 4.69) is 16.0 Å². The third kappa shape index (κ3) is 8.33. The van der Waals surface area contributed by atoms with Crippen LogP contribution in [0.25, 0.3) is 0 Å². The maximum atomic E-state index is 12.9. The molecule has 0 fully saturated rings. The summed E-state index contributed by atoms with van der Waals surface area (Å²) in [6, 6.07) is 8.19. The lowest BCUT2D eigenvalue weighted by Gasteiger charge is -2.21. The summed E-state index contributed by atoms with van der Waals surface area (Å²) in [5, 5.41) is 26.5. The highest BCUT2D eigenvalue weighted by molar-refractivity contribution is 6.01. The van der Waals surface area contributed by atoms with Crippen LogP contribution in [-0.4, -0.2) is 52.3 Å². The minimum absolute atomic E-state index is 0.0970. The predicted octanol–water partition coefficient (Wildman–Crippen LogP) is 2.65. The summed E-state index contributed by atoms with van der Waals surface area (Å²) in [4.78, 5) is 48.9. The van der Waals surface area contributed by atoms with E-state index in [4.69, 9.17) is 4.74 Å². The average molecular weight is 486 g/mol. The Balaban J connectivity index is 2.08. The Hall–Kier alpha value is -4.08. The van der Waals surface area contributed by atoms with E-state index in [1.807, 2.05) is 0 Å². The number of aryl methyl sites for hydroxylation is 2. The van der Waals surface area contributed by atoms with Crippen molar-refractivity contribution in [2.45, 2.75) is 52.8 Å². The van der Waals surface area contributed by atoms with E-state index in [0.717, 1.165) is 5.56 Å². The molecule has 35 heavy (non-hydrogen) atoms. The lowest BCUT2D eigenvalue weighted by atomic mass is 9.98.